The molecule has 116 valence electrons. The summed E-state index contributed by atoms with van der Waals surface area (Å²) in [6.07, 6.45) is 8.18. The Morgan fingerprint density at radius 1 is 1.19 bits per heavy atom. The van der Waals surface area contributed by atoms with E-state index in [9.17, 15) is 4.39 Å². The highest BCUT2D eigenvalue weighted by Crippen LogP contribution is 2.36. The third kappa shape index (κ3) is 3.29. The van der Waals surface area contributed by atoms with Gasteiger partial charge in [0.1, 0.15) is 5.82 Å². The largest absolute Gasteiger partial charge is 0.312 e. The summed E-state index contributed by atoms with van der Waals surface area (Å²) in [6, 6.07) is 8.01. The quantitative estimate of drug-likeness (QED) is 0.908. The summed E-state index contributed by atoms with van der Waals surface area (Å²) in [5.74, 6) is 0.791. The van der Waals surface area contributed by atoms with Crippen LogP contribution in [0.25, 0.3) is 0 Å². The van der Waals surface area contributed by atoms with Gasteiger partial charge in [-0.2, -0.15) is 0 Å². The number of nitrogens with one attached hydrogen (secondary N) is 1. The van der Waals surface area contributed by atoms with E-state index in [1.54, 1.807) is 12.1 Å². The van der Waals surface area contributed by atoms with Gasteiger partial charge in [0, 0.05) is 24.2 Å². The number of fused-ring (bicyclic) bond motifs is 1. The maximum absolute atomic E-state index is 14.1. The van der Waals surface area contributed by atoms with Crippen LogP contribution >= 0.6 is 0 Å². The van der Waals surface area contributed by atoms with Crippen molar-refractivity contribution >= 4 is 0 Å². The molecule has 3 atom stereocenters. The van der Waals surface area contributed by atoms with Crippen molar-refractivity contribution in [1.29, 1.82) is 0 Å². The molecule has 0 spiro atoms. The van der Waals surface area contributed by atoms with Gasteiger partial charge in [0.25, 0.3) is 0 Å². The van der Waals surface area contributed by atoms with Gasteiger partial charge in [-0.05, 0) is 51.3 Å². The summed E-state index contributed by atoms with van der Waals surface area (Å²) < 4.78 is 14.1. The van der Waals surface area contributed by atoms with Gasteiger partial charge in [-0.25, -0.2) is 4.39 Å². The minimum atomic E-state index is -0.0888. The summed E-state index contributed by atoms with van der Waals surface area (Å²) in [4.78, 5) is 2.63. The standard InChI is InChI=1S/C18H27FN2/c1-20-17(15-9-3-4-10-16(15)19)13-21-12-6-8-14-7-2-5-11-18(14)21/h3-4,9-10,14,17-18,20H,2,5-8,11-13H2,1H3/t14-,17?,18-/m1/s1. The molecule has 3 rings (SSSR count). The number of nitrogens with zero attached hydrogens (tertiary/aromatic N) is 1. The fourth-order valence-corrected chi connectivity index (χ4v) is 4.29. The first-order chi connectivity index (χ1) is 10.3. The van der Waals surface area contributed by atoms with Crippen molar-refractivity contribution in [2.45, 2.75) is 50.6 Å². The first-order valence-corrected chi connectivity index (χ1v) is 8.45. The molecule has 1 N–H and O–H groups in total. The zero-order valence-corrected chi connectivity index (χ0v) is 13.0. The third-order valence-electron chi connectivity index (χ3n) is 5.40. The number of likely N-dealkylation sites (N-methyl/N-ethyl adjacent to an activating group) is 1. The molecule has 21 heavy (non-hydrogen) atoms. The van der Waals surface area contributed by atoms with Crippen molar-refractivity contribution < 1.29 is 4.39 Å². The van der Waals surface area contributed by atoms with Crippen LogP contribution in [-0.4, -0.2) is 31.1 Å². The molecule has 2 fully saturated rings. The number of benzene rings is 1. The minimum absolute atomic E-state index is 0.0888. The fraction of sp³-hybridized carbons (Fsp3) is 0.667. The lowest BCUT2D eigenvalue weighted by atomic mass is 9.78. The molecule has 1 saturated carbocycles. The van der Waals surface area contributed by atoms with Gasteiger partial charge in [-0.15, -0.1) is 0 Å². The zero-order chi connectivity index (χ0) is 14.7. The lowest BCUT2D eigenvalue weighted by Crippen LogP contribution is -2.49. The normalized spacial score (nSPS) is 28.1. The Balaban J connectivity index is 1.72. The van der Waals surface area contributed by atoms with E-state index in [0.717, 1.165) is 24.1 Å². The van der Waals surface area contributed by atoms with Gasteiger partial charge in [0.05, 0.1) is 0 Å². The van der Waals surface area contributed by atoms with Gasteiger partial charge in [0.2, 0.25) is 0 Å². The maximum atomic E-state index is 14.1. The van der Waals surface area contributed by atoms with Crippen LogP contribution in [0.1, 0.15) is 50.1 Å². The van der Waals surface area contributed by atoms with Crippen molar-refractivity contribution in [2.24, 2.45) is 5.92 Å². The predicted molar refractivity (Wildman–Crippen MR) is 84.8 cm³/mol. The topological polar surface area (TPSA) is 15.3 Å². The molecule has 3 heteroatoms. The summed E-state index contributed by atoms with van der Waals surface area (Å²) >= 11 is 0. The first-order valence-electron chi connectivity index (χ1n) is 8.45. The number of rotatable bonds is 4. The summed E-state index contributed by atoms with van der Waals surface area (Å²) in [6.45, 7) is 2.10. The number of hydrogen-bond acceptors (Lipinski definition) is 2. The average Bonchev–Trinajstić information content (AvgIpc) is 2.53. The molecule has 0 bridgehead atoms. The number of likely N-dealkylation sites (tertiary alicyclic amines) is 1. The lowest BCUT2D eigenvalue weighted by molar-refractivity contribution is 0.0532. The molecule has 1 aromatic carbocycles. The Morgan fingerprint density at radius 3 is 2.76 bits per heavy atom. The lowest BCUT2D eigenvalue weighted by Gasteiger charge is -2.45. The molecule has 1 heterocycles. The number of hydrogen-bond donors (Lipinski definition) is 1. The van der Waals surface area contributed by atoms with Crippen molar-refractivity contribution in [3.63, 3.8) is 0 Å². The molecule has 1 aromatic rings. The molecule has 0 radical (unpaired) electrons. The van der Waals surface area contributed by atoms with Gasteiger partial charge in [0.15, 0.2) is 0 Å². The van der Waals surface area contributed by atoms with Crippen molar-refractivity contribution in [3.8, 4) is 0 Å². The highest BCUT2D eigenvalue weighted by molar-refractivity contribution is 5.21. The van der Waals surface area contributed by atoms with Crippen LogP contribution in [0.5, 0.6) is 0 Å². The van der Waals surface area contributed by atoms with Gasteiger partial charge >= 0.3 is 0 Å². The highest BCUT2D eigenvalue weighted by Gasteiger charge is 2.34. The second kappa shape index (κ2) is 6.89. The molecular formula is C18H27FN2. The molecule has 0 amide bonds. The smallest absolute Gasteiger partial charge is 0.128 e. The van der Waals surface area contributed by atoms with Crippen LogP contribution in [0.3, 0.4) is 0 Å². The molecule has 1 saturated heterocycles. The highest BCUT2D eigenvalue weighted by atomic mass is 19.1. The Hall–Kier alpha value is -0.930. The molecule has 2 aliphatic rings. The van der Waals surface area contributed by atoms with Crippen LogP contribution in [0, 0.1) is 11.7 Å². The third-order valence-corrected chi connectivity index (χ3v) is 5.40. The van der Waals surface area contributed by atoms with E-state index in [-0.39, 0.29) is 11.9 Å². The molecule has 0 aromatic heterocycles. The van der Waals surface area contributed by atoms with Crippen LogP contribution in [-0.2, 0) is 0 Å². The van der Waals surface area contributed by atoms with Crippen molar-refractivity contribution in [3.05, 3.63) is 35.6 Å². The summed E-state index contributed by atoms with van der Waals surface area (Å²) in [7, 11) is 1.94. The second-order valence-corrected chi connectivity index (χ2v) is 6.61. The summed E-state index contributed by atoms with van der Waals surface area (Å²) in [5.41, 5.74) is 0.804. The number of halogens is 1. The predicted octanol–water partition coefficient (Wildman–Crippen LogP) is 3.74. The van der Waals surface area contributed by atoms with Gasteiger partial charge in [-0.1, -0.05) is 31.0 Å². The Labute approximate surface area is 127 Å². The number of piperidine rings is 1. The van der Waals surface area contributed by atoms with E-state index >= 15 is 0 Å². The van der Waals surface area contributed by atoms with E-state index in [0.29, 0.717) is 0 Å². The Kier molecular flexibility index (Phi) is 4.91. The van der Waals surface area contributed by atoms with Crippen LogP contribution < -0.4 is 5.32 Å². The molecule has 1 unspecified atom stereocenters. The van der Waals surface area contributed by atoms with E-state index in [1.165, 1.54) is 45.1 Å². The van der Waals surface area contributed by atoms with Crippen LogP contribution in [0.15, 0.2) is 24.3 Å². The van der Waals surface area contributed by atoms with E-state index in [1.807, 2.05) is 19.2 Å². The average molecular weight is 290 g/mol. The zero-order valence-electron chi connectivity index (χ0n) is 13.0. The van der Waals surface area contributed by atoms with Crippen molar-refractivity contribution in [1.82, 2.24) is 10.2 Å². The van der Waals surface area contributed by atoms with Crippen molar-refractivity contribution in [2.75, 3.05) is 20.1 Å². The SMILES string of the molecule is CNC(CN1CCC[C@H]2CCCC[C@H]21)c1ccccc1F. The molecule has 1 aliphatic carbocycles. The minimum Gasteiger partial charge on any atom is -0.312 e. The van der Waals surface area contributed by atoms with Gasteiger partial charge in [-0.3, -0.25) is 4.90 Å². The monoisotopic (exact) mass is 290 g/mol. The fourth-order valence-electron chi connectivity index (χ4n) is 4.29. The maximum Gasteiger partial charge on any atom is 0.128 e. The summed E-state index contributed by atoms with van der Waals surface area (Å²) in [5, 5.41) is 3.32. The van der Waals surface area contributed by atoms with Gasteiger partial charge < -0.3 is 5.32 Å². The first kappa shape index (κ1) is 15.0. The Morgan fingerprint density at radius 2 is 1.95 bits per heavy atom. The van der Waals surface area contributed by atoms with E-state index < -0.39 is 0 Å². The molecule has 1 aliphatic heterocycles. The van der Waals surface area contributed by atoms with Crippen LogP contribution in [0.2, 0.25) is 0 Å². The molecular weight excluding hydrogens is 263 g/mol. The van der Waals surface area contributed by atoms with E-state index in [4.69, 9.17) is 0 Å². The Bertz CT molecular complexity index is 460. The molecule has 2 nitrogen and oxygen atoms in total. The van der Waals surface area contributed by atoms with Crippen LogP contribution in [0.4, 0.5) is 4.39 Å². The second-order valence-electron chi connectivity index (χ2n) is 6.61. The van der Waals surface area contributed by atoms with E-state index in [2.05, 4.69) is 10.2 Å².